The van der Waals surface area contributed by atoms with Crippen LogP contribution < -0.4 is 58.9 Å². The van der Waals surface area contributed by atoms with Crippen LogP contribution in [0.2, 0.25) is 0 Å². The third kappa shape index (κ3) is 26.5. The number of H-pyrrole nitrogens is 1. The SMILES string of the molecule is CCC[C@@H]1NC(=O)[C@H](Cc2c[nH]c3ncccc23)NC(=O)[C@H]([C@@H](C)O)NC(=O)[C@@H]2C[C@@H](c3ccccc3)CN2C(=O)[C@H](Cc2ccc(O)cc2)NC(=O)[C@H](C(C)(C)C)NC(=O)CCSCc2cccc(c2)CSC[C@@H](C(N)=O)NC(=O)[C@H]([C@@H](C)O)NC(=O)[C@H](CCC)NC(=O)[C@H](Cc2ccc(O)cc2)NC(=O)[C@H](CCC(=O)O)NC1=O. The molecular formula is C82H106N14O18S2. The summed E-state index contributed by atoms with van der Waals surface area (Å²) in [5, 5.41) is 80.1. The van der Waals surface area contributed by atoms with Crippen LogP contribution in [0.15, 0.2) is 128 Å². The zero-order valence-electron chi connectivity index (χ0n) is 65.9. The average molecular weight is 1640 g/mol. The predicted octanol–water partition coefficient (Wildman–Crippen LogP) is 2.56. The number of carboxylic acid groups (broad SMARTS) is 1. The highest BCUT2D eigenvalue weighted by Crippen LogP contribution is 2.34. The number of thioether (sulfide) groups is 2. The van der Waals surface area contributed by atoms with E-state index in [1.807, 2.05) is 36.4 Å². The minimum atomic E-state index is -1.86. The molecule has 0 unspecified atom stereocenters. The molecule has 1 fully saturated rings. The topological polar surface area (TPSA) is 501 Å². The average Bonchev–Trinajstić information content (AvgIpc) is 1.67. The number of aliphatic hydroxyl groups excluding tert-OH is 2. The Labute approximate surface area is 680 Å². The Morgan fingerprint density at radius 1 is 0.560 bits per heavy atom. The fraction of sp³-hybridized carbons (Fsp3) is 0.463. The van der Waals surface area contributed by atoms with Gasteiger partial charge in [0.1, 0.15) is 83.6 Å². The number of phenolic OH excluding ortho intramolecular Hbond substituents is 2. The number of amides is 12. The minimum absolute atomic E-state index is 0.0271. The van der Waals surface area contributed by atoms with Crippen LogP contribution in [0.4, 0.5) is 0 Å². The molecule has 0 aliphatic carbocycles. The number of primary amides is 1. The lowest BCUT2D eigenvalue weighted by Gasteiger charge is -2.34. The first-order valence-electron chi connectivity index (χ1n) is 38.7. The fourth-order valence-electron chi connectivity index (χ4n) is 13.6. The number of aliphatic carboxylic acids is 1. The van der Waals surface area contributed by atoms with Gasteiger partial charge in [-0.05, 0) is 115 Å². The van der Waals surface area contributed by atoms with Crippen LogP contribution in [0.3, 0.4) is 0 Å². The quantitative estimate of drug-likeness (QED) is 0.0624. The van der Waals surface area contributed by atoms with E-state index >= 15 is 19.2 Å². The van der Waals surface area contributed by atoms with E-state index < -0.39 is 180 Å². The maximum absolute atomic E-state index is 15.6. The molecule has 0 spiro atoms. The molecule has 0 saturated carbocycles. The third-order valence-electron chi connectivity index (χ3n) is 20.0. The van der Waals surface area contributed by atoms with E-state index in [-0.39, 0.29) is 81.6 Å². The highest BCUT2D eigenvalue weighted by atomic mass is 32.2. The summed E-state index contributed by atoms with van der Waals surface area (Å²) in [5.41, 5.74) is 8.99. The lowest BCUT2D eigenvalue weighted by Crippen LogP contribution is -2.62. The van der Waals surface area contributed by atoms with Crippen molar-refractivity contribution in [3.05, 3.63) is 161 Å². The summed E-state index contributed by atoms with van der Waals surface area (Å²) in [5.74, 6) is -12.1. The van der Waals surface area contributed by atoms with Crippen molar-refractivity contribution in [2.45, 2.75) is 215 Å². The molecule has 2 bridgehead atoms. The van der Waals surface area contributed by atoms with Crippen LogP contribution in [0.5, 0.6) is 11.5 Å². The summed E-state index contributed by atoms with van der Waals surface area (Å²) in [6.07, 6.45) is -2.19. The van der Waals surface area contributed by atoms with E-state index in [2.05, 4.69) is 63.1 Å². The van der Waals surface area contributed by atoms with Crippen LogP contribution in [0.1, 0.15) is 139 Å². The van der Waals surface area contributed by atoms with Crippen molar-refractivity contribution in [3.8, 4) is 11.5 Å². The molecule has 6 aromatic rings. The Morgan fingerprint density at radius 2 is 1.06 bits per heavy atom. The summed E-state index contributed by atoms with van der Waals surface area (Å²) in [6.45, 7) is 10.9. The number of aromatic amines is 1. The number of benzene rings is 4. The van der Waals surface area contributed by atoms with Gasteiger partial charge in [-0.1, -0.05) is 126 Å². The van der Waals surface area contributed by atoms with Gasteiger partial charge in [-0.15, -0.1) is 0 Å². The van der Waals surface area contributed by atoms with Gasteiger partial charge >= 0.3 is 5.97 Å². The number of nitrogens with two attached hydrogens (primary N) is 1. The van der Waals surface area contributed by atoms with E-state index in [4.69, 9.17) is 5.73 Å². The molecule has 34 heteroatoms. The first-order valence-corrected chi connectivity index (χ1v) is 41.0. The van der Waals surface area contributed by atoms with Crippen molar-refractivity contribution in [1.29, 1.82) is 0 Å². The molecule has 2 aliphatic heterocycles. The molecule has 1 saturated heterocycles. The second kappa shape index (κ2) is 43.0. The Balaban J connectivity index is 1.15. The molecule has 0 radical (unpaired) electrons. The van der Waals surface area contributed by atoms with E-state index in [0.29, 0.717) is 45.0 Å². The smallest absolute Gasteiger partial charge is 0.303 e. The first-order chi connectivity index (χ1) is 55.2. The second-order valence-corrected chi connectivity index (χ2v) is 32.4. The van der Waals surface area contributed by atoms with Gasteiger partial charge in [0.25, 0.3) is 0 Å². The van der Waals surface area contributed by atoms with Gasteiger partial charge in [-0.3, -0.25) is 62.3 Å². The summed E-state index contributed by atoms with van der Waals surface area (Å²) in [6, 6.07) is 14.3. The molecule has 12 amide bonds. The van der Waals surface area contributed by atoms with E-state index in [1.54, 1.807) is 83.3 Å². The summed E-state index contributed by atoms with van der Waals surface area (Å²) in [7, 11) is 0. The van der Waals surface area contributed by atoms with Crippen LogP contribution in [-0.2, 0) is 93.1 Å². The molecule has 116 heavy (non-hydrogen) atoms. The lowest BCUT2D eigenvalue weighted by molar-refractivity contribution is -0.143. The van der Waals surface area contributed by atoms with Crippen LogP contribution in [-0.4, -0.2) is 214 Å². The number of carboxylic acids is 1. The number of hydrogen-bond donors (Lipinski definition) is 17. The van der Waals surface area contributed by atoms with Gasteiger partial charge in [-0.2, -0.15) is 23.5 Å². The van der Waals surface area contributed by atoms with Crippen molar-refractivity contribution in [2.24, 2.45) is 11.1 Å². The normalized spacial score (nSPS) is 24.4. The van der Waals surface area contributed by atoms with Crippen LogP contribution >= 0.6 is 23.5 Å². The van der Waals surface area contributed by atoms with Gasteiger partial charge in [0.15, 0.2) is 0 Å². The van der Waals surface area contributed by atoms with Gasteiger partial charge < -0.3 is 94.3 Å². The van der Waals surface area contributed by atoms with Gasteiger partial charge in [0, 0.05) is 85.4 Å². The Kier molecular flexibility index (Phi) is 33.5. The van der Waals surface area contributed by atoms with Gasteiger partial charge in [0.2, 0.25) is 70.9 Å². The molecule has 624 valence electrons. The number of nitrogens with zero attached hydrogens (tertiary/aromatic N) is 2. The highest BCUT2D eigenvalue weighted by Gasteiger charge is 2.46. The third-order valence-corrected chi connectivity index (χ3v) is 22.1. The molecule has 2 aromatic heterocycles. The summed E-state index contributed by atoms with van der Waals surface area (Å²) < 4.78 is 0. The zero-order valence-corrected chi connectivity index (χ0v) is 67.5. The first kappa shape index (κ1) is 90.4. The summed E-state index contributed by atoms with van der Waals surface area (Å²) >= 11 is 2.69. The van der Waals surface area contributed by atoms with Gasteiger partial charge in [0.05, 0.1) is 12.2 Å². The van der Waals surface area contributed by atoms with Crippen molar-refractivity contribution >= 4 is 111 Å². The van der Waals surface area contributed by atoms with Crippen molar-refractivity contribution in [2.75, 3.05) is 18.1 Å². The number of hydrogen-bond acceptors (Lipinski definition) is 20. The predicted molar refractivity (Wildman–Crippen MR) is 434 cm³/mol. The standard InChI is InChI=1S/C82H106N14O18S2/c1-8-15-57-72(105)88-59(30-31-66(102)103)73(106)89-60(36-47-22-26-54(99)27-23-47)75(108)87-58(16-9-2)74(107)94-67(45(3)97)79(112)92-63(70(83)104)44-116-43-50-18-13-17-49(35-50)42-115-34-32-65(101)93-69(82(5,6)7)80(113)91-62(37-48-24-28-55(100)29-25-48)81(114)96-41-53(51-19-11-10-12-20-51)39-64(96)77(110)95-68(46(4)98)78(111)90-61(76(109)86-57)38-52-40-85-71-56(52)21-14-33-84-71/h10-14,17-29,33,35,40,45-46,53,57-64,67-69,97-100H,8-9,15-16,30-32,34,36-39,41-44H2,1-7H3,(H2,83,104)(H,84,85)(H,86,109)(H,87,108)(H,88,105)(H,89,106)(H,90,111)(H,91,113)(H,92,112)(H,93,101)(H,94,107)(H,95,110)(H,102,103)/t45-,46-,53-,57+,58+,59+,60+,61+,62+,63+,64+,67+,68+,69-/m1/s1. The maximum atomic E-state index is 15.6. The monoisotopic (exact) mass is 1640 g/mol. The second-order valence-electron chi connectivity index (χ2n) is 30.3. The number of phenols is 2. The van der Waals surface area contributed by atoms with Crippen molar-refractivity contribution < 1.29 is 87.9 Å². The molecule has 4 aromatic carbocycles. The number of pyridine rings is 1. The Hall–Kier alpha value is -11.1. The molecule has 8 rings (SSSR count). The number of carbonyl (C=O) groups excluding carboxylic acids is 12. The number of aromatic nitrogens is 2. The number of aromatic hydroxyl groups is 2. The molecule has 4 heterocycles. The molecule has 14 atom stereocenters. The maximum Gasteiger partial charge on any atom is 0.303 e. The van der Waals surface area contributed by atoms with Crippen molar-refractivity contribution in [3.63, 3.8) is 0 Å². The largest absolute Gasteiger partial charge is 0.508 e. The number of rotatable bonds is 17. The molecule has 32 nitrogen and oxygen atoms in total. The number of carbonyl (C=O) groups is 13. The fourth-order valence-corrected chi connectivity index (χ4v) is 15.6. The zero-order chi connectivity index (χ0) is 84.5. The van der Waals surface area contributed by atoms with E-state index in [0.717, 1.165) is 16.7 Å². The number of fused-ring (bicyclic) bond motifs is 4. The lowest BCUT2D eigenvalue weighted by atomic mass is 9.85. The van der Waals surface area contributed by atoms with Crippen LogP contribution in [0.25, 0.3) is 11.0 Å². The Bertz CT molecular complexity index is 4430. The van der Waals surface area contributed by atoms with E-state index in [9.17, 15) is 68.7 Å². The number of aliphatic hydroxyl groups is 2. The number of nitrogens with one attached hydrogen (secondary N) is 11. The van der Waals surface area contributed by atoms with Crippen molar-refractivity contribution in [1.82, 2.24) is 68.0 Å². The summed E-state index contributed by atoms with van der Waals surface area (Å²) in [4.78, 5) is 197. The molecule has 2 aliphatic rings. The van der Waals surface area contributed by atoms with E-state index in [1.165, 1.54) is 84.9 Å². The van der Waals surface area contributed by atoms with Gasteiger partial charge in [-0.25, -0.2) is 4.98 Å². The van der Waals surface area contributed by atoms with Crippen LogP contribution in [0, 0.1) is 5.41 Å². The Morgan fingerprint density at radius 3 is 1.61 bits per heavy atom. The minimum Gasteiger partial charge on any atom is -0.508 e. The molecular weight excluding hydrogens is 1530 g/mol. The highest BCUT2D eigenvalue weighted by molar-refractivity contribution is 7.98. The molecule has 18 N–H and O–H groups in total.